The van der Waals surface area contributed by atoms with Crippen LogP contribution in [0.15, 0.2) is 0 Å². The third-order valence-corrected chi connectivity index (χ3v) is 3.40. The van der Waals surface area contributed by atoms with Crippen LogP contribution >= 0.6 is 0 Å². The highest BCUT2D eigenvalue weighted by Crippen LogP contribution is 2.09. The van der Waals surface area contributed by atoms with Crippen molar-refractivity contribution in [2.75, 3.05) is 39.3 Å². The molecule has 2 unspecified atom stereocenters. The molecule has 0 aromatic rings. The minimum atomic E-state index is -0.0998. The summed E-state index contributed by atoms with van der Waals surface area (Å²) in [5, 5.41) is 3.37. The van der Waals surface area contributed by atoms with Gasteiger partial charge >= 0.3 is 5.97 Å². The van der Waals surface area contributed by atoms with Gasteiger partial charge in [-0.1, -0.05) is 13.8 Å². The highest BCUT2D eigenvalue weighted by molar-refractivity contribution is 5.72. The Hall–Kier alpha value is -0.610. The van der Waals surface area contributed by atoms with Gasteiger partial charge in [0, 0.05) is 13.1 Å². The lowest BCUT2D eigenvalue weighted by Crippen LogP contribution is -2.35. The Morgan fingerprint density at radius 1 is 1.28 bits per heavy atom. The van der Waals surface area contributed by atoms with Gasteiger partial charge in [-0.05, 0) is 45.3 Å². The Labute approximate surface area is 111 Å². The van der Waals surface area contributed by atoms with E-state index < -0.39 is 0 Å². The molecule has 4 nitrogen and oxygen atoms in total. The number of carbonyl (C=O) groups excluding carboxylic acids is 1. The fraction of sp³-hybridized carbons (Fsp3) is 0.929. The largest absolute Gasteiger partial charge is 0.466 e. The van der Waals surface area contributed by atoms with E-state index in [0.717, 1.165) is 6.54 Å². The molecule has 1 fully saturated rings. The number of carbonyl (C=O) groups is 1. The summed E-state index contributed by atoms with van der Waals surface area (Å²) in [4.78, 5) is 14.0. The molecular formula is C14H28N2O2. The molecule has 0 saturated carbocycles. The van der Waals surface area contributed by atoms with Crippen molar-refractivity contribution in [3.8, 4) is 0 Å². The minimum absolute atomic E-state index is 0.0519. The number of ether oxygens (including phenoxy) is 1. The van der Waals surface area contributed by atoms with E-state index >= 15 is 0 Å². The lowest BCUT2D eigenvalue weighted by molar-refractivity contribution is -0.147. The molecule has 1 aliphatic heterocycles. The first-order valence-corrected chi connectivity index (χ1v) is 7.23. The molecule has 1 heterocycles. The van der Waals surface area contributed by atoms with E-state index in [0.29, 0.717) is 19.1 Å². The Kier molecular flexibility index (Phi) is 7.28. The van der Waals surface area contributed by atoms with Crippen molar-refractivity contribution in [1.29, 1.82) is 0 Å². The summed E-state index contributed by atoms with van der Waals surface area (Å²) in [6.45, 7) is 11.8. The van der Waals surface area contributed by atoms with Crippen molar-refractivity contribution in [2.24, 2.45) is 11.8 Å². The van der Waals surface area contributed by atoms with Gasteiger partial charge in [-0.3, -0.25) is 4.79 Å². The molecule has 4 heteroatoms. The van der Waals surface area contributed by atoms with Crippen molar-refractivity contribution in [1.82, 2.24) is 10.2 Å². The molecule has 0 spiro atoms. The second-order valence-corrected chi connectivity index (χ2v) is 5.42. The SMILES string of the molecule is CCOC(=O)C(C)CNCC(C)CN1CCCC1. The molecule has 1 N–H and O–H groups in total. The lowest BCUT2D eigenvalue weighted by atomic mass is 10.1. The van der Waals surface area contributed by atoms with Crippen LogP contribution in [-0.4, -0.2) is 50.2 Å². The molecule has 1 aliphatic rings. The highest BCUT2D eigenvalue weighted by atomic mass is 16.5. The quantitative estimate of drug-likeness (QED) is 0.668. The van der Waals surface area contributed by atoms with E-state index in [1.807, 2.05) is 13.8 Å². The molecular weight excluding hydrogens is 228 g/mol. The van der Waals surface area contributed by atoms with Crippen LogP contribution in [0.25, 0.3) is 0 Å². The first-order valence-electron chi connectivity index (χ1n) is 7.23. The summed E-state index contributed by atoms with van der Waals surface area (Å²) in [6, 6.07) is 0. The van der Waals surface area contributed by atoms with Crippen LogP contribution in [0, 0.1) is 11.8 Å². The van der Waals surface area contributed by atoms with E-state index in [9.17, 15) is 4.79 Å². The number of hydrogen-bond donors (Lipinski definition) is 1. The molecule has 106 valence electrons. The van der Waals surface area contributed by atoms with Gasteiger partial charge in [0.1, 0.15) is 0 Å². The predicted molar refractivity (Wildman–Crippen MR) is 73.5 cm³/mol. The maximum Gasteiger partial charge on any atom is 0.309 e. The zero-order valence-corrected chi connectivity index (χ0v) is 12.1. The summed E-state index contributed by atoms with van der Waals surface area (Å²) < 4.78 is 4.98. The molecule has 1 rings (SSSR count). The summed E-state index contributed by atoms with van der Waals surface area (Å²) >= 11 is 0. The first-order chi connectivity index (χ1) is 8.63. The van der Waals surface area contributed by atoms with Crippen LogP contribution in [0.1, 0.15) is 33.6 Å². The summed E-state index contributed by atoms with van der Waals surface area (Å²) in [7, 11) is 0. The average Bonchev–Trinajstić information content (AvgIpc) is 2.81. The number of rotatable bonds is 8. The molecule has 0 aromatic carbocycles. The molecule has 1 saturated heterocycles. The summed E-state index contributed by atoms with van der Waals surface area (Å²) in [5.41, 5.74) is 0. The van der Waals surface area contributed by atoms with Crippen molar-refractivity contribution in [2.45, 2.75) is 33.6 Å². The highest BCUT2D eigenvalue weighted by Gasteiger charge is 2.16. The molecule has 0 aromatic heterocycles. The third-order valence-electron chi connectivity index (χ3n) is 3.40. The van der Waals surface area contributed by atoms with Crippen LogP contribution < -0.4 is 5.32 Å². The van der Waals surface area contributed by atoms with E-state index in [2.05, 4.69) is 17.1 Å². The van der Waals surface area contributed by atoms with Gasteiger partial charge in [0.15, 0.2) is 0 Å². The molecule has 18 heavy (non-hydrogen) atoms. The van der Waals surface area contributed by atoms with E-state index in [-0.39, 0.29) is 11.9 Å². The van der Waals surface area contributed by atoms with Crippen molar-refractivity contribution < 1.29 is 9.53 Å². The number of likely N-dealkylation sites (tertiary alicyclic amines) is 1. The number of nitrogens with one attached hydrogen (secondary N) is 1. The van der Waals surface area contributed by atoms with Crippen LogP contribution in [0.2, 0.25) is 0 Å². The van der Waals surface area contributed by atoms with Crippen molar-refractivity contribution in [3.05, 3.63) is 0 Å². The topological polar surface area (TPSA) is 41.6 Å². The smallest absolute Gasteiger partial charge is 0.309 e. The fourth-order valence-corrected chi connectivity index (χ4v) is 2.38. The molecule has 0 aliphatic carbocycles. The van der Waals surface area contributed by atoms with E-state index in [1.165, 1.54) is 32.5 Å². The minimum Gasteiger partial charge on any atom is -0.466 e. The standard InChI is InChI=1S/C14H28N2O2/c1-4-18-14(17)13(3)10-15-9-12(2)11-16-7-5-6-8-16/h12-13,15H,4-11H2,1-3H3. The van der Waals surface area contributed by atoms with Gasteiger partial charge in [-0.25, -0.2) is 0 Å². The van der Waals surface area contributed by atoms with Crippen molar-refractivity contribution >= 4 is 5.97 Å². The predicted octanol–water partition coefficient (Wildman–Crippen LogP) is 1.51. The first kappa shape index (κ1) is 15.4. The van der Waals surface area contributed by atoms with Gasteiger partial charge < -0.3 is 15.0 Å². The van der Waals surface area contributed by atoms with Crippen molar-refractivity contribution in [3.63, 3.8) is 0 Å². The Balaban J connectivity index is 2.06. The zero-order valence-electron chi connectivity index (χ0n) is 12.1. The molecule has 0 amide bonds. The summed E-state index contributed by atoms with van der Waals surface area (Å²) in [6.07, 6.45) is 2.69. The normalized spacial score (nSPS) is 19.7. The Bertz CT molecular complexity index is 240. The Morgan fingerprint density at radius 2 is 1.94 bits per heavy atom. The number of esters is 1. The molecule has 2 atom stereocenters. The number of nitrogens with zero attached hydrogens (tertiary/aromatic N) is 1. The van der Waals surface area contributed by atoms with Gasteiger partial charge in [0.05, 0.1) is 12.5 Å². The van der Waals surface area contributed by atoms with Gasteiger partial charge in [0.2, 0.25) is 0 Å². The van der Waals surface area contributed by atoms with Crippen LogP contribution in [0.4, 0.5) is 0 Å². The van der Waals surface area contributed by atoms with Crippen LogP contribution in [0.5, 0.6) is 0 Å². The Morgan fingerprint density at radius 3 is 2.56 bits per heavy atom. The summed E-state index contributed by atoms with van der Waals surface area (Å²) in [5.74, 6) is 0.485. The van der Waals surface area contributed by atoms with Gasteiger partial charge in [-0.2, -0.15) is 0 Å². The van der Waals surface area contributed by atoms with Crippen LogP contribution in [-0.2, 0) is 9.53 Å². The van der Waals surface area contributed by atoms with Gasteiger partial charge in [-0.15, -0.1) is 0 Å². The molecule has 0 radical (unpaired) electrons. The lowest BCUT2D eigenvalue weighted by Gasteiger charge is -2.21. The average molecular weight is 256 g/mol. The molecule has 0 bridgehead atoms. The fourth-order valence-electron chi connectivity index (χ4n) is 2.38. The maximum absolute atomic E-state index is 11.4. The second-order valence-electron chi connectivity index (χ2n) is 5.42. The number of hydrogen-bond acceptors (Lipinski definition) is 4. The van der Waals surface area contributed by atoms with E-state index in [1.54, 1.807) is 0 Å². The second kappa shape index (κ2) is 8.48. The van der Waals surface area contributed by atoms with Crippen LogP contribution in [0.3, 0.4) is 0 Å². The maximum atomic E-state index is 11.4. The van der Waals surface area contributed by atoms with E-state index in [4.69, 9.17) is 4.74 Å². The van der Waals surface area contributed by atoms with Gasteiger partial charge in [0.25, 0.3) is 0 Å². The zero-order chi connectivity index (χ0) is 13.4. The third kappa shape index (κ3) is 5.83. The monoisotopic (exact) mass is 256 g/mol.